The number of nitro benzene ring substituents is 1. The topological polar surface area (TPSA) is 117 Å². The summed E-state index contributed by atoms with van der Waals surface area (Å²) in [6.45, 7) is 1.86. The van der Waals surface area contributed by atoms with Crippen LogP contribution in [-0.2, 0) is 9.53 Å². The lowest BCUT2D eigenvalue weighted by Crippen LogP contribution is -2.40. The molecule has 8 heteroatoms. The van der Waals surface area contributed by atoms with Gasteiger partial charge in [0.2, 0.25) is 5.91 Å². The molecule has 0 bridgehead atoms. The van der Waals surface area contributed by atoms with E-state index in [1.54, 1.807) is 0 Å². The number of hydrogen-bond donors (Lipinski definition) is 2. The molecule has 1 heterocycles. The summed E-state index contributed by atoms with van der Waals surface area (Å²) >= 11 is 0. The molecule has 0 saturated carbocycles. The number of hydrogen-bond acceptors (Lipinski definition) is 6. The highest BCUT2D eigenvalue weighted by Crippen LogP contribution is 2.25. The summed E-state index contributed by atoms with van der Waals surface area (Å²) in [7, 11) is 0. The SMILES string of the molecule is N#Cc1ccc(NC(=O)CC2CNCCO2)c([N+](=O)[O-])c1. The fourth-order valence-corrected chi connectivity index (χ4v) is 2.02. The molecular formula is C13H14N4O4. The molecule has 1 aromatic rings. The van der Waals surface area contributed by atoms with Gasteiger partial charge >= 0.3 is 0 Å². The van der Waals surface area contributed by atoms with Crippen LogP contribution in [0.1, 0.15) is 12.0 Å². The van der Waals surface area contributed by atoms with Crippen LogP contribution in [0.4, 0.5) is 11.4 Å². The van der Waals surface area contributed by atoms with Crippen LogP contribution in [0, 0.1) is 21.4 Å². The number of nitriles is 1. The molecule has 1 fully saturated rings. The van der Waals surface area contributed by atoms with Crippen molar-refractivity contribution < 1.29 is 14.5 Å². The van der Waals surface area contributed by atoms with E-state index in [9.17, 15) is 14.9 Å². The van der Waals surface area contributed by atoms with Crippen molar-refractivity contribution in [2.45, 2.75) is 12.5 Å². The average Bonchev–Trinajstić information content (AvgIpc) is 2.48. The molecule has 1 aromatic carbocycles. The maximum Gasteiger partial charge on any atom is 0.294 e. The monoisotopic (exact) mass is 290 g/mol. The second-order valence-electron chi connectivity index (χ2n) is 4.55. The number of amides is 1. The third kappa shape index (κ3) is 3.98. The van der Waals surface area contributed by atoms with Gasteiger partial charge in [0.1, 0.15) is 5.69 Å². The van der Waals surface area contributed by atoms with Crippen LogP contribution < -0.4 is 10.6 Å². The highest BCUT2D eigenvalue weighted by Gasteiger charge is 2.20. The Labute approximate surface area is 120 Å². The first kappa shape index (κ1) is 14.9. The Morgan fingerprint density at radius 2 is 2.43 bits per heavy atom. The minimum atomic E-state index is -0.630. The number of carbonyl (C=O) groups is 1. The Kier molecular flexibility index (Phi) is 4.81. The maximum absolute atomic E-state index is 11.9. The normalized spacial score (nSPS) is 17.8. The summed E-state index contributed by atoms with van der Waals surface area (Å²) in [5.41, 5.74) is -0.0580. The zero-order chi connectivity index (χ0) is 15.2. The maximum atomic E-state index is 11.9. The summed E-state index contributed by atoms with van der Waals surface area (Å²) in [5, 5.41) is 25.3. The van der Waals surface area contributed by atoms with E-state index in [2.05, 4.69) is 10.6 Å². The first-order valence-corrected chi connectivity index (χ1v) is 6.41. The molecule has 2 N–H and O–H groups in total. The highest BCUT2D eigenvalue weighted by molar-refractivity contribution is 5.93. The molecule has 1 unspecified atom stereocenters. The lowest BCUT2D eigenvalue weighted by Gasteiger charge is -2.23. The van der Waals surface area contributed by atoms with Gasteiger partial charge in [-0.25, -0.2) is 0 Å². The number of nitrogens with one attached hydrogen (secondary N) is 2. The zero-order valence-electron chi connectivity index (χ0n) is 11.2. The third-order valence-corrected chi connectivity index (χ3v) is 3.02. The Morgan fingerprint density at radius 1 is 1.62 bits per heavy atom. The van der Waals surface area contributed by atoms with E-state index < -0.39 is 4.92 Å². The smallest absolute Gasteiger partial charge is 0.294 e. The fourth-order valence-electron chi connectivity index (χ4n) is 2.02. The molecule has 0 radical (unpaired) electrons. The van der Waals surface area contributed by atoms with Crippen molar-refractivity contribution in [2.75, 3.05) is 25.0 Å². The van der Waals surface area contributed by atoms with Crippen LogP contribution >= 0.6 is 0 Å². The minimum Gasteiger partial charge on any atom is -0.375 e. The number of ether oxygens (including phenoxy) is 1. The minimum absolute atomic E-state index is 0.0766. The molecule has 1 aliphatic rings. The van der Waals surface area contributed by atoms with Crippen LogP contribution in [0.2, 0.25) is 0 Å². The highest BCUT2D eigenvalue weighted by atomic mass is 16.6. The molecule has 2 rings (SSSR count). The predicted octanol–water partition coefficient (Wildman–Crippen LogP) is 0.783. The van der Waals surface area contributed by atoms with Gasteiger partial charge in [0.15, 0.2) is 0 Å². The van der Waals surface area contributed by atoms with E-state index in [0.717, 1.165) is 12.6 Å². The number of rotatable bonds is 4. The van der Waals surface area contributed by atoms with E-state index in [1.165, 1.54) is 12.1 Å². The van der Waals surface area contributed by atoms with E-state index in [1.807, 2.05) is 6.07 Å². The Morgan fingerprint density at radius 3 is 3.05 bits per heavy atom. The van der Waals surface area contributed by atoms with Crippen molar-refractivity contribution in [1.82, 2.24) is 5.32 Å². The van der Waals surface area contributed by atoms with Gasteiger partial charge in [0.05, 0.1) is 35.7 Å². The number of morpholine rings is 1. The van der Waals surface area contributed by atoms with Gasteiger partial charge < -0.3 is 15.4 Å². The molecule has 1 amide bonds. The van der Waals surface area contributed by atoms with Gasteiger partial charge in [-0.1, -0.05) is 0 Å². The number of carbonyl (C=O) groups excluding carboxylic acids is 1. The predicted molar refractivity (Wildman–Crippen MR) is 73.7 cm³/mol. The number of nitro groups is 1. The first-order valence-electron chi connectivity index (χ1n) is 6.41. The molecule has 8 nitrogen and oxygen atoms in total. The molecule has 110 valence electrons. The molecular weight excluding hydrogens is 276 g/mol. The van der Waals surface area contributed by atoms with Gasteiger partial charge in [-0.15, -0.1) is 0 Å². The molecule has 21 heavy (non-hydrogen) atoms. The second-order valence-corrected chi connectivity index (χ2v) is 4.55. The Bertz CT molecular complexity index is 590. The van der Waals surface area contributed by atoms with Gasteiger partial charge in [-0.3, -0.25) is 14.9 Å². The molecule has 1 aliphatic heterocycles. The van der Waals surface area contributed by atoms with E-state index >= 15 is 0 Å². The number of nitrogens with zero attached hydrogens (tertiary/aromatic N) is 2. The fraction of sp³-hybridized carbons (Fsp3) is 0.385. The lowest BCUT2D eigenvalue weighted by atomic mass is 10.1. The van der Waals surface area contributed by atoms with Gasteiger partial charge in [-0.2, -0.15) is 5.26 Å². The molecule has 0 aromatic heterocycles. The summed E-state index contributed by atoms with van der Waals surface area (Å²) in [6.07, 6.45) is -0.124. The second kappa shape index (κ2) is 6.78. The first-order chi connectivity index (χ1) is 10.1. The molecule has 1 saturated heterocycles. The summed E-state index contributed by atoms with van der Waals surface area (Å²) < 4.78 is 5.40. The van der Waals surface area contributed by atoms with Crippen molar-refractivity contribution in [3.8, 4) is 6.07 Å². The summed E-state index contributed by atoms with van der Waals surface area (Å²) in [5.74, 6) is -0.364. The third-order valence-electron chi connectivity index (χ3n) is 3.02. The van der Waals surface area contributed by atoms with Crippen molar-refractivity contribution in [3.63, 3.8) is 0 Å². The largest absolute Gasteiger partial charge is 0.375 e. The van der Waals surface area contributed by atoms with Crippen molar-refractivity contribution in [3.05, 3.63) is 33.9 Å². The van der Waals surface area contributed by atoms with Crippen LogP contribution in [-0.4, -0.2) is 36.6 Å². The summed E-state index contributed by atoms with van der Waals surface area (Å²) in [6, 6.07) is 5.73. The average molecular weight is 290 g/mol. The van der Waals surface area contributed by atoms with E-state index in [0.29, 0.717) is 13.2 Å². The van der Waals surface area contributed by atoms with E-state index in [4.69, 9.17) is 10.00 Å². The van der Waals surface area contributed by atoms with Crippen LogP contribution in [0.25, 0.3) is 0 Å². The molecule has 1 atom stereocenters. The summed E-state index contributed by atoms with van der Waals surface area (Å²) in [4.78, 5) is 22.2. The Balaban J connectivity index is 2.06. The number of benzene rings is 1. The molecule has 0 aliphatic carbocycles. The molecule has 0 spiro atoms. The van der Waals surface area contributed by atoms with Crippen molar-refractivity contribution >= 4 is 17.3 Å². The standard InChI is InChI=1S/C13H14N4O4/c14-7-9-1-2-11(12(5-9)17(19)20)16-13(18)6-10-8-15-3-4-21-10/h1-2,5,10,15H,3-4,6,8H2,(H,16,18). The van der Waals surface area contributed by atoms with Crippen LogP contribution in [0.3, 0.4) is 0 Å². The van der Waals surface area contributed by atoms with Crippen LogP contribution in [0.15, 0.2) is 18.2 Å². The quantitative estimate of drug-likeness (QED) is 0.625. The van der Waals surface area contributed by atoms with Gasteiger partial charge in [-0.05, 0) is 12.1 Å². The van der Waals surface area contributed by atoms with Crippen molar-refractivity contribution in [2.24, 2.45) is 0 Å². The van der Waals surface area contributed by atoms with Crippen LogP contribution in [0.5, 0.6) is 0 Å². The van der Waals surface area contributed by atoms with Gasteiger partial charge in [0.25, 0.3) is 5.69 Å². The number of anilines is 1. The van der Waals surface area contributed by atoms with E-state index in [-0.39, 0.29) is 35.4 Å². The lowest BCUT2D eigenvalue weighted by molar-refractivity contribution is -0.384. The van der Waals surface area contributed by atoms with Crippen molar-refractivity contribution in [1.29, 1.82) is 5.26 Å². The Hall–Kier alpha value is -2.50. The zero-order valence-corrected chi connectivity index (χ0v) is 11.2. The van der Waals surface area contributed by atoms with Gasteiger partial charge in [0, 0.05) is 19.2 Å².